The molecule has 80 valence electrons. The molecule has 0 atom stereocenters. The minimum atomic E-state index is -2.72. The minimum absolute atomic E-state index is 0.00160. The van der Waals surface area contributed by atoms with Gasteiger partial charge in [0.1, 0.15) is 0 Å². The van der Waals surface area contributed by atoms with Gasteiger partial charge in [-0.15, -0.1) is 0 Å². The molecule has 0 spiro atoms. The highest BCUT2D eigenvalue weighted by Crippen LogP contribution is 2.30. The van der Waals surface area contributed by atoms with E-state index in [4.69, 9.17) is 16.7 Å². The van der Waals surface area contributed by atoms with Crippen molar-refractivity contribution >= 4 is 5.69 Å². The van der Waals surface area contributed by atoms with Crippen LogP contribution in [0.2, 0.25) is 0 Å². The van der Waals surface area contributed by atoms with Gasteiger partial charge in [-0.2, -0.15) is 5.26 Å². The van der Waals surface area contributed by atoms with Gasteiger partial charge in [0, 0.05) is 18.3 Å². The fourth-order valence-electron chi connectivity index (χ4n) is 1.27. The van der Waals surface area contributed by atoms with E-state index in [9.17, 15) is 8.78 Å². The maximum Gasteiger partial charge on any atom is 0.266 e. The van der Waals surface area contributed by atoms with E-state index in [1.54, 1.807) is 6.07 Å². The predicted octanol–water partition coefficient (Wildman–Crippen LogP) is 1.13. The Labute approximate surface area is 85.5 Å². The van der Waals surface area contributed by atoms with Gasteiger partial charge < -0.3 is 11.5 Å². The molecule has 0 aromatic carbocycles. The normalized spacial score (nSPS) is 10.3. The van der Waals surface area contributed by atoms with Crippen LogP contribution < -0.4 is 11.5 Å². The summed E-state index contributed by atoms with van der Waals surface area (Å²) in [6.45, 7) is -0.00160. The number of hydrogen-bond donors (Lipinski definition) is 2. The van der Waals surface area contributed by atoms with Crippen molar-refractivity contribution in [1.29, 1.82) is 5.26 Å². The molecule has 4 N–H and O–H groups in total. The van der Waals surface area contributed by atoms with Gasteiger partial charge in [0.05, 0.1) is 23.9 Å². The van der Waals surface area contributed by atoms with Crippen LogP contribution in [0.15, 0.2) is 6.20 Å². The molecule has 0 radical (unpaired) electrons. The molecule has 0 aliphatic rings. The van der Waals surface area contributed by atoms with Gasteiger partial charge in [-0.25, -0.2) is 8.78 Å². The lowest BCUT2D eigenvalue weighted by atomic mass is 10.0. The Morgan fingerprint density at radius 2 is 2.20 bits per heavy atom. The van der Waals surface area contributed by atoms with E-state index in [0.717, 1.165) is 0 Å². The van der Waals surface area contributed by atoms with Crippen LogP contribution in [-0.2, 0) is 13.0 Å². The smallest absolute Gasteiger partial charge is 0.266 e. The first kappa shape index (κ1) is 11.3. The molecule has 0 amide bonds. The van der Waals surface area contributed by atoms with Gasteiger partial charge >= 0.3 is 0 Å². The second-order valence-electron chi connectivity index (χ2n) is 2.90. The summed E-state index contributed by atoms with van der Waals surface area (Å²) in [5.74, 6) is 0. The van der Waals surface area contributed by atoms with E-state index in [0.29, 0.717) is 0 Å². The molecule has 1 aromatic heterocycles. The molecule has 1 aromatic rings. The second-order valence-corrected chi connectivity index (χ2v) is 2.90. The van der Waals surface area contributed by atoms with E-state index in [1.807, 2.05) is 0 Å². The number of rotatable bonds is 3. The third-order valence-electron chi connectivity index (χ3n) is 2.00. The highest BCUT2D eigenvalue weighted by atomic mass is 19.3. The van der Waals surface area contributed by atoms with Crippen molar-refractivity contribution in [1.82, 2.24) is 4.98 Å². The fourth-order valence-corrected chi connectivity index (χ4v) is 1.27. The number of nitriles is 1. The maximum absolute atomic E-state index is 12.7. The summed E-state index contributed by atoms with van der Waals surface area (Å²) in [4.78, 5) is 3.82. The van der Waals surface area contributed by atoms with Crippen LogP contribution in [0.3, 0.4) is 0 Å². The first-order valence-electron chi connectivity index (χ1n) is 4.23. The fraction of sp³-hybridized carbons (Fsp3) is 0.333. The van der Waals surface area contributed by atoms with Crippen LogP contribution in [0, 0.1) is 11.3 Å². The van der Waals surface area contributed by atoms with Gasteiger partial charge in [0.25, 0.3) is 6.43 Å². The minimum Gasteiger partial charge on any atom is -0.397 e. The molecule has 0 saturated carbocycles. The lowest BCUT2D eigenvalue weighted by Crippen LogP contribution is -2.10. The van der Waals surface area contributed by atoms with Gasteiger partial charge in [-0.3, -0.25) is 4.98 Å². The first-order valence-corrected chi connectivity index (χ1v) is 4.23. The third kappa shape index (κ3) is 2.19. The summed E-state index contributed by atoms with van der Waals surface area (Å²) < 4.78 is 25.3. The number of anilines is 1. The van der Waals surface area contributed by atoms with E-state index in [1.165, 1.54) is 6.20 Å². The molecule has 1 heterocycles. The summed E-state index contributed by atoms with van der Waals surface area (Å²) in [6.07, 6.45) is -1.63. The van der Waals surface area contributed by atoms with Crippen molar-refractivity contribution in [3.05, 3.63) is 23.0 Å². The highest BCUT2D eigenvalue weighted by molar-refractivity contribution is 5.55. The summed E-state index contributed by atoms with van der Waals surface area (Å²) in [5, 5.41) is 8.46. The van der Waals surface area contributed by atoms with Crippen molar-refractivity contribution in [3.8, 4) is 6.07 Å². The molecule has 0 unspecified atom stereocenters. The zero-order valence-corrected chi connectivity index (χ0v) is 7.87. The van der Waals surface area contributed by atoms with Crippen LogP contribution in [0.5, 0.6) is 0 Å². The SMILES string of the molecule is N#CCc1cnc(CN)c(N)c1C(F)F. The largest absolute Gasteiger partial charge is 0.397 e. The van der Waals surface area contributed by atoms with Crippen LogP contribution in [0.4, 0.5) is 14.5 Å². The van der Waals surface area contributed by atoms with Crippen LogP contribution in [-0.4, -0.2) is 4.98 Å². The van der Waals surface area contributed by atoms with E-state index in [-0.39, 0.29) is 35.5 Å². The lowest BCUT2D eigenvalue weighted by molar-refractivity contribution is 0.151. The molecule has 0 bridgehead atoms. The van der Waals surface area contributed by atoms with Crippen LogP contribution >= 0.6 is 0 Å². The zero-order valence-electron chi connectivity index (χ0n) is 7.87. The topological polar surface area (TPSA) is 88.7 Å². The van der Waals surface area contributed by atoms with Gasteiger partial charge in [-0.05, 0) is 5.56 Å². The Hall–Kier alpha value is -1.74. The Morgan fingerprint density at radius 1 is 1.53 bits per heavy atom. The first-order chi connectivity index (χ1) is 7.11. The summed E-state index contributed by atoms with van der Waals surface area (Å²) in [7, 11) is 0. The molecule has 4 nitrogen and oxygen atoms in total. The Kier molecular flexibility index (Phi) is 3.52. The van der Waals surface area contributed by atoms with Crippen LogP contribution in [0.25, 0.3) is 0 Å². The molecule has 0 saturated heterocycles. The Bertz CT molecular complexity index is 398. The molecule has 0 aliphatic heterocycles. The zero-order chi connectivity index (χ0) is 11.4. The molecule has 0 fully saturated rings. The van der Waals surface area contributed by atoms with E-state index < -0.39 is 6.43 Å². The third-order valence-corrected chi connectivity index (χ3v) is 2.00. The molecule has 6 heteroatoms. The number of halogens is 2. The Morgan fingerprint density at radius 3 is 2.67 bits per heavy atom. The highest BCUT2D eigenvalue weighted by Gasteiger charge is 2.19. The van der Waals surface area contributed by atoms with Gasteiger partial charge in [0.15, 0.2) is 0 Å². The summed E-state index contributed by atoms with van der Waals surface area (Å²) in [5.41, 5.74) is 10.7. The monoisotopic (exact) mass is 212 g/mol. The molecule has 0 aliphatic carbocycles. The number of alkyl halides is 2. The quantitative estimate of drug-likeness (QED) is 0.785. The van der Waals surface area contributed by atoms with Gasteiger partial charge in [-0.1, -0.05) is 0 Å². The summed E-state index contributed by atoms with van der Waals surface area (Å²) >= 11 is 0. The van der Waals surface area contributed by atoms with E-state index >= 15 is 0 Å². The number of hydrogen-bond acceptors (Lipinski definition) is 4. The average Bonchev–Trinajstić information content (AvgIpc) is 2.18. The van der Waals surface area contributed by atoms with Crippen molar-refractivity contribution in [2.24, 2.45) is 5.73 Å². The predicted molar refractivity (Wildman–Crippen MR) is 50.8 cm³/mol. The number of pyridine rings is 1. The second kappa shape index (κ2) is 4.66. The van der Waals surface area contributed by atoms with Crippen molar-refractivity contribution in [2.75, 3.05) is 5.73 Å². The molecular formula is C9H10F2N4. The molecule has 1 rings (SSSR count). The number of nitrogens with zero attached hydrogens (tertiary/aromatic N) is 2. The average molecular weight is 212 g/mol. The lowest BCUT2D eigenvalue weighted by Gasteiger charge is -2.11. The van der Waals surface area contributed by atoms with Crippen molar-refractivity contribution in [3.63, 3.8) is 0 Å². The van der Waals surface area contributed by atoms with Crippen molar-refractivity contribution < 1.29 is 8.78 Å². The van der Waals surface area contributed by atoms with Crippen LogP contribution in [0.1, 0.15) is 23.2 Å². The van der Waals surface area contributed by atoms with E-state index in [2.05, 4.69) is 4.98 Å². The molecular weight excluding hydrogens is 202 g/mol. The summed E-state index contributed by atoms with van der Waals surface area (Å²) in [6, 6.07) is 1.78. The molecule has 15 heavy (non-hydrogen) atoms. The Balaban J connectivity index is 3.32. The number of aromatic nitrogens is 1. The van der Waals surface area contributed by atoms with Crippen molar-refractivity contribution in [2.45, 2.75) is 19.4 Å². The number of nitrogen functional groups attached to an aromatic ring is 1. The maximum atomic E-state index is 12.7. The standard InChI is InChI=1S/C9H10F2N4/c10-9(11)7-5(1-2-12)4-15-6(3-13)8(7)14/h4,9H,1,3,13-14H2. The number of nitrogens with two attached hydrogens (primary N) is 2. The van der Waals surface area contributed by atoms with Gasteiger partial charge in [0.2, 0.25) is 0 Å².